The molecule has 2 heteroatoms. The van der Waals surface area contributed by atoms with Crippen LogP contribution in [0.15, 0.2) is 0 Å². The highest BCUT2D eigenvalue weighted by atomic mass is 15.4. The van der Waals surface area contributed by atoms with Crippen LogP contribution in [0.3, 0.4) is 0 Å². The molecule has 0 bridgehead atoms. The van der Waals surface area contributed by atoms with E-state index in [2.05, 4.69) is 16.7 Å². The van der Waals surface area contributed by atoms with Crippen molar-refractivity contribution in [2.75, 3.05) is 13.1 Å². The fourth-order valence-corrected chi connectivity index (χ4v) is 4.42. The SMILES string of the molecule is CCCCC[C@H]1C[C@H]2CCCN2[C@H]2CCCN12. The first-order valence-corrected chi connectivity index (χ1v) is 7.91. The fraction of sp³-hybridized carbons (Fsp3) is 1.00. The molecule has 0 unspecified atom stereocenters. The fourth-order valence-electron chi connectivity index (χ4n) is 4.42. The molecule has 3 aliphatic rings. The molecular formula is C15H28N2. The Bertz CT molecular complexity index is 253. The molecule has 3 fully saturated rings. The zero-order valence-electron chi connectivity index (χ0n) is 11.4. The molecule has 0 radical (unpaired) electrons. The van der Waals surface area contributed by atoms with E-state index in [-0.39, 0.29) is 0 Å². The van der Waals surface area contributed by atoms with E-state index >= 15 is 0 Å². The van der Waals surface area contributed by atoms with E-state index in [0.717, 1.165) is 18.2 Å². The number of hydrogen-bond acceptors (Lipinski definition) is 2. The van der Waals surface area contributed by atoms with Crippen LogP contribution in [0, 0.1) is 0 Å². The van der Waals surface area contributed by atoms with Crippen LogP contribution < -0.4 is 0 Å². The highest BCUT2D eigenvalue weighted by Crippen LogP contribution is 2.38. The summed E-state index contributed by atoms with van der Waals surface area (Å²) < 4.78 is 0. The van der Waals surface area contributed by atoms with Gasteiger partial charge >= 0.3 is 0 Å². The second-order valence-electron chi connectivity index (χ2n) is 6.28. The summed E-state index contributed by atoms with van der Waals surface area (Å²) in [5.74, 6) is 0. The molecule has 0 spiro atoms. The van der Waals surface area contributed by atoms with Gasteiger partial charge in [-0.25, -0.2) is 0 Å². The van der Waals surface area contributed by atoms with Crippen LogP contribution in [0.4, 0.5) is 0 Å². The summed E-state index contributed by atoms with van der Waals surface area (Å²) in [6, 6.07) is 1.87. The first-order valence-electron chi connectivity index (χ1n) is 7.91. The molecule has 0 amide bonds. The van der Waals surface area contributed by atoms with Gasteiger partial charge in [0.15, 0.2) is 0 Å². The monoisotopic (exact) mass is 236 g/mol. The summed E-state index contributed by atoms with van der Waals surface area (Å²) in [5, 5.41) is 0. The lowest BCUT2D eigenvalue weighted by atomic mass is 9.95. The van der Waals surface area contributed by atoms with Crippen molar-refractivity contribution in [2.45, 2.75) is 83.0 Å². The first-order chi connectivity index (χ1) is 8.40. The highest BCUT2D eigenvalue weighted by molar-refractivity contribution is 4.97. The van der Waals surface area contributed by atoms with Gasteiger partial charge in [0.1, 0.15) is 0 Å². The van der Waals surface area contributed by atoms with Crippen LogP contribution in [0.25, 0.3) is 0 Å². The van der Waals surface area contributed by atoms with Crippen molar-refractivity contribution in [2.24, 2.45) is 0 Å². The molecule has 3 aliphatic heterocycles. The molecule has 2 nitrogen and oxygen atoms in total. The molecule has 3 rings (SSSR count). The minimum atomic E-state index is 0.836. The number of nitrogens with zero attached hydrogens (tertiary/aromatic N) is 2. The van der Waals surface area contributed by atoms with Gasteiger partial charge in [0.25, 0.3) is 0 Å². The minimum absolute atomic E-state index is 0.836. The van der Waals surface area contributed by atoms with Crippen molar-refractivity contribution in [3.63, 3.8) is 0 Å². The smallest absolute Gasteiger partial charge is 0.0627 e. The lowest BCUT2D eigenvalue weighted by Crippen LogP contribution is -2.57. The summed E-state index contributed by atoms with van der Waals surface area (Å²) in [6.45, 7) is 5.08. The third-order valence-corrected chi connectivity index (χ3v) is 5.22. The molecule has 98 valence electrons. The first kappa shape index (κ1) is 12.0. The Balaban J connectivity index is 1.63. The summed E-state index contributed by atoms with van der Waals surface area (Å²) >= 11 is 0. The molecule has 17 heavy (non-hydrogen) atoms. The van der Waals surface area contributed by atoms with Gasteiger partial charge < -0.3 is 0 Å². The van der Waals surface area contributed by atoms with Gasteiger partial charge in [-0.3, -0.25) is 9.80 Å². The summed E-state index contributed by atoms with van der Waals surface area (Å²) in [7, 11) is 0. The van der Waals surface area contributed by atoms with Gasteiger partial charge in [0.05, 0.1) is 6.17 Å². The van der Waals surface area contributed by atoms with Crippen LogP contribution >= 0.6 is 0 Å². The second kappa shape index (κ2) is 5.27. The molecule has 3 saturated heterocycles. The standard InChI is InChI=1S/C15H28N2/c1-2-3-4-7-13-12-14-8-5-10-16(14)15-9-6-11-17(13)15/h13-15H,2-12H2,1H3/t13-,14+,15+/m0/s1. The topological polar surface area (TPSA) is 6.48 Å². The van der Waals surface area contributed by atoms with Crippen molar-refractivity contribution in [3.05, 3.63) is 0 Å². The van der Waals surface area contributed by atoms with Crippen LogP contribution in [-0.4, -0.2) is 41.1 Å². The molecular weight excluding hydrogens is 208 g/mol. The van der Waals surface area contributed by atoms with Crippen molar-refractivity contribution >= 4 is 0 Å². The Kier molecular flexibility index (Phi) is 3.72. The van der Waals surface area contributed by atoms with E-state index in [9.17, 15) is 0 Å². The third-order valence-electron chi connectivity index (χ3n) is 5.22. The zero-order valence-corrected chi connectivity index (χ0v) is 11.4. The summed E-state index contributed by atoms with van der Waals surface area (Å²) in [4.78, 5) is 5.70. The molecule has 0 aliphatic carbocycles. The van der Waals surface area contributed by atoms with Crippen LogP contribution in [0.5, 0.6) is 0 Å². The lowest BCUT2D eigenvalue weighted by molar-refractivity contribution is -0.0256. The minimum Gasteiger partial charge on any atom is -0.285 e. The quantitative estimate of drug-likeness (QED) is 0.692. The maximum atomic E-state index is 2.86. The Morgan fingerprint density at radius 3 is 2.71 bits per heavy atom. The lowest BCUT2D eigenvalue weighted by Gasteiger charge is -2.47. The van der Waals surface area contributed by atoms with Gasteiger partial charge in [-0.2, -0.15) is 0 Å². The molecule has 3 heterocycles. The van der Waals surface area contributed by atoms with Gasteiger partial charge in [0, 0.05) is 18.6 Å². The Morgan fingerprint density at radius 1 is 1.00 bits per heavy atom. The molecule has 3 atom stereocenters. The molecule has 0 N–H and O–H groups in total. The van der Waals surface area contributed by atoms with E-state index in [1.807, 2.05) is 0 Å². The third kappa shape index (κ3) is 2.26. The highest BCUT2D eigenvalue weighted by Gasteiger charge is 2.44. The second-order valence-corrected chi connectivity index (χ2v) is 6.28. The number of hydrogen-bond donors (Lipinski definition) is 0. The van der Waals surface area contributed by atoms with E-state index < -0.39 is 0 Å². The molecule has 0 saturated carbocycles. The van der Waals surface area contributed by atoms with E-state index in [1.165, 1.54) is 70.9 Å². The average Bonchev–Trinajstić information content (AvgIpc) is 2.96. The summed E-state index contributed by atoms with van der Waals surface area (Å²) in [5.41, 5.74) is 0. The van der Waals surface area contributed by atoms with Gasteiger partial charge in [-0.15, -0.1) is 0 Å². The molecule has 0 aromatic rings. The number of fused-ring (bicyclic) bond motifs is 3. The van der Waals surface area contributed by atoms with E-state index in [4.69, 9.17) is 0 Å². The maximum absolute atomic E-state index is 2.86. The maximum Gasteiger partial charge on any atom is 0.0627 e. The molecule has 0 aromatic carbocycles. The predicted molar refractivity (Wildman–Crippen MR) is 72.0 cm³/mol. The van der Waals surface area contributed by atoms with Crippen LogP contribution in [0.2, 0.25) is 0 Å². The van der Waals surface area contributed by atoms with Crippen molar-refractivity contribution in [3.8, 4) is 0 Å². The van der Waals surface area contributed by atoms with Crippen LogP contribution in [0.1, 0.15) is 64.7 Å². The average molecular weight is 236 g/mol. The Hall–Kier alpha value is -0.0800. The largest absolute Gasteiger partial charge is 0.285 e. The Labute approximate surface area is 106 Å². The van der Waals surface area contributed by atoms with Crippen molar-refractivity contribution < 1.29 is 0 Å². The van der Waals surface area contributed by atoms with E-state index in [1.54, 1.807) is 0 Å². The van der Waals surface area contributed by atoms with Crippen molar-refractivity contribution in [1.82, 2.24) is 9.80 Å². The molecule has 0 aromatic heterocycles. The van der Waals surface area contributed by atoms with Crippen LogP contribution in [-0.2, 0) is 0 Å². The normalized spacial score (nSPS) is 38.3. The predicted octanol–water partition coefficient (Wildman–Crippen LogP) is 3.23. The Morgan fingerprint density at radius 2 is 1.82 bits per heavy atom. The van der Waals surface area contributed by atoms with Gasteiger partial charge in [-0.1, -0.05) is 26.2 Å². The summed E-state index contributed by atoms with van der Waals surface area (Å²) in [6.07, 6.45) is 13.9. The zero-order chi connectivity index (χ0) is 11.7. The van der Waals surface area contributed by atoms with E-state index in [0.29, 0.717) is 0 Å². The van der Waals surface area contributed by atoms with Gasteiger partial charge in [-0.05, 0) is 45.1 Å². The van der Waals surface area contributed by atoms with Crippen molar-refractivity contribution in [1.29, 1.82) is 0 Å². The van der Waals surface area contributed by atoms with Gasteiger partial charge in [0.2, 0.25) is 0 Å². The number of rotatable bonds is 4. The number of unbranched alkanes of at least 4 members (excludes halogenated alkanes) is 2.